The number of fused-ring (bicyclic) bond motifs is 2. The molecule has 4 aromatic heterocycles. The summed E-state index contributed by atoms with van der Waals surface area (Å²) >= 11 is 0. The largest absolute Gasteiger partial charge is 0.702 e. The summed E-state index contributed by atoms with van der Waals surface area (Å²) in [6.07, 6.45) is 8.10. The maximum absolute atomic E-state index is 12.5. The van der Waals surface area contributed by atoms with Gasteiger partial charge in [0.1, 0.15) is 11.0 Å². The van der Waals surface area contributed by atoms with Crippen LogP contribution in [0.1, 0.15) is 40.5 Å². The van der Waals surface area contributed by atoms with Crippen LogP contribution >= 0.6 is 8.25 Å². The maximum atomic E-state index is 12.5. The van der Waals surface area contributed by atoms with Gasteiger partial charge in [0.15, 0.2) is 11.3 Å². The molecule has 0 spiro atoms. The van der Waals surface area contributed by atoms with Gasteiger partial charge in [-0.05, 0) is 23.7 Å². The number of nitrogens with two attached hydrogens (primary N) is 2. The number of imidazole rings is 2. The van der Waals surface area contributed by atoms with Crippen LogP contribution in [0.4, 0.5) is 11.9 Å². The maximum Gasteiger partial charge on any atom is 0.702 e. The fourth-order valence-corrected chi connectivity index (χ4v) is 5.74. The second-order valence-corrected chi connectivity index (χ2v) is 12.7. The van der Waals surface area contributed by atoms with E-state index < -0.39 is 19.5 Å². The van der Waals surface area contributed by atoms with Gasteiger partial charge in [0.25, 0.3) is 0 Å². The van der Waals surface area contributed by atoms with Gasteiger partial charge >= 0.3 is 8.25 Å². The van der Waals surface area contributed by atoms with E-state index in [-0.39, 0.29) is 36.3 Å². The minimum atomic E-state index is -2.47. The Kier molecular flexibility index (Phi) is 6.27. The van der Waals surface area contributed by atoms with E-state index in [0.29, 0.717) is 35.4 Å². The Morgan fingerprint density at radius 3 is 1.55 bits per heavy atom. The Hall–Kier alpha value is -3.36. The van der Waals surface area contributed by atoms with E-state index in [1.807, 2.05) is 9.13 Å². The molecule has 2 atom stereocenters. The summed E-state index contributed by atoms with van der Waals surface area (Å²) < 4.78 is 39.2. The molecule has 40 heavy (non-hydrogen) atoms. The quantitative estimate of drug-likeness (QED) is 0.186. The van der Waals surface area contributed by atoms with Gasteiger partial charge in [-0.3, -0.25) is 0 Å². The van der Waals surface area contributed by atoms with Crippen molar-refractivity contribution in [1.29, 1.82) is 0 Å². The molecule has 2 unspecified atom stereocenters. The minimum absolute atomic E-state index is 0.127. The number of nitrogen functional groups attached to an aromatic ring is 2. The first-order valence-corrected chi connectivity index (χ1v) is 13.9. The molecular weight excluding hydrogens is 539 g/mol. The second kappa shape index (κ2) is 9.35. The van der Waals surface area contributed by atoms with Gasteiger partial charge in [-0.1, -0.05) is 36.7 Å². The predicted molar refractivity (Wildman–Crippen MR) is 143 cm³/mol. The van der Waals surface area contributed by atoms with Crippen molar-refractivity contribution >= 4 is 42.5 Å². The molecule has 212 valence electrons. The molecule has 2 saturated carbocycles. The van der Waals surface area contributed by atoms with Crippen molar-refractivity contribution in [2.75, 3.05) is 25.1 Å². The lowest BCUT2D eigenvalue weighted by Gasteiger charge is -2.21. The Labute approximate surface area is 230 Å². The summed E-state index contributed by atoms with van der Waals surface area (Å²) in [6, 6.07) is 0. The van der Waals surface area contributed by atoms with E-state index in [9.17, 15) is 4.57 Å². The topological polar surface area (TPSA) is 193 Å². The van der Waals surface area contributed by atoms with E-state index in [1.54, 1.807) is 25.0 Å². The van der Waals surface area contributed by atoms with E-state index in [0.717, 1.165) is 12.8 Å². The average Bonchev–Trinajstić information content (AvgIpc) is 3.37. The van der Waals surface area contributed by atoms with Crippen molar-refractivity contribution in [3.8, 4) is 0 Å². The van der Waals surface area contributed by atoms with Gasteiger partial charge < -0.3 is 30.1 Å². The Bertz CT molecular complexity index is 1490. The highest BCUT2D eigenvalue weighted by Crippen LogP contribution is 2.60. The minimum Gasteiger partial charge on any atom is -0.368 e. The third-order valence-corrected chi connectivity index (χ3v) is 8.90. The first-order valence-electron chi connectivity index (χ1n) is 12.8. The zero-order valence-electron chi connectivity index (χ0n) is 22.8. The van der Waals surface area contributed by atoms with Gasteiger partial charge in [-0.25, -0.2) is 19.9 Å². The van der Waals surface area contributed by atoms with E-state index in [4.69, 9.17) is 30.0 Å². The van der Waals surface area contributed by atoms with Crippen molar-refractivity contribution in [1.82, 2.24) is 39.0 Å². The van der Waals surface area contributed by atoms with Crippen LogP contribution in [0.5, 0.6) is 0 Å². The molecule has 0 saturated heterocycles. The summed E-state index contributed by atoms with van der Waals surface area (Å²) in [7, 11) is -2.47. The van der Waals surface area contributed by atoms with Gasteiger partial charge in [0.05, 0.1) is 49.3 Å². The predicted octanol–water partition coefficient (Wildman–Crippen LogP) is 2.81. The monoisotopic (exact) mass is 571 g/mol. The van der Waals surface area contributed by atoms with Crippen molar-refractivity contribution in [2.24, 2.45) is 10.8 Å². The fourth-order valence-electron chi connectivity index (χ4n) is 5.38. The first kappa shape index (κ1) is 26.8. The second-order valence-electron chi connectivity index (χ2n) is 11.7. The normalized spacial score (nSPS) is 24.9. The molecule has 0 amide bonds. The molecule has 0 bridgehead atoms. The van der Waals surface area contributed by atoms with E-state index in [1.165, 1.54) is 0 Å². The Morgan fingerprint density at radius 1 is 0.775 bits per heavy atom. The third-order valence-electron chi connectivity index (χ3n) is 8.26. The number of ether oxygens (including phenoxy) is 2. The van der Waals surface area contributed by atoms with Crippen LogP contribution in [-0.2, 0) is 36.2 Å². The fraction of sp³-hybridized carbons (Fsp3) is 0.583. The van der Waals surface area contributed by atoms with E-state index in [2.05, 4.69) is 57.6 Å². The average molecular weight is 572 g/mol. The highest BCUT2D eigenvalue weighted by Gasteiger charge is 2.64. The van der Waals surface area contributed by atoms with Crippen molar-refractivity contribution in [3.63, 3.8) is 0 Å². The van der Waals surface area contributed by atoms with Gasteiger partial charge in [0, 0.05) is 4.57 Å². The van der Waals surface area contributed by atoms with Crippen molar-refractivity contribution < 1.29 is 23.1 Å². The van der Waals surface area contributed by atoms with Crippen LogP contribution in [-0.4, -0.2) is 63.8 Å². The molecule has 15 nitrogen and oxygen atoms in total. The van der Waals surface area contributed by atoms with Crippen molar-refractivity contribution in [3.05, 3.63) is 25.0 Å². The van der Waals surface area contributed by atoms with Crippen LogP contribution in [0.15, 0.2) is 25.0 Å². The van der Waals surface area contributed by atoms with Crippen molar-refractivity contribution in [2.45, 2.75) is 64.8 Å². The smallest absolute Gasteiger partial charge is 0.368 e. The molecular formula is C24H32N10O5P+. The number of hydrogen-bond acceptors (Lipinski definition) is 13. The lowest BCUT2D eigenvalue weighted by Crippen LogP contribution is -2.28. The lowest BCUT2D eigenvalue weighted by molar-refractivity contribution is -0.0958. The molecule has 0 aliphatic heterocycles. The molecule has 0 radical (unpaired) electrons. The molecule has 4 heterocycles. The summed E-state index contributed by atoms with van der Waals surface area (Å²) in [5.74, 6) is 0.347. The standard InChI is InChI=1S/C24H32N10O5P/c1-21(2)7-23(21,9-33-11-29-15-5-27-19(25)31-17(15)33)36-13-38-40(35)39-14-37-24(8-22(24,3)4)10-34-12-30-16-6-28-20(26)32-18(16)34/h5-6,11-12H,7-10,13-14H2,1-4H3,(H2,25,27,31)(H2,26,28,32)/q+1. The van der Waals surface area contributed by atoms with Crippen LogP contribution in [0, 0.1) is 10.8 Å². The van der Waals surface area contributed by atoms with Crippen LogP contribution < -0.4 is 11.5 Å². The summed E-state index contributed by atoms with van der Waals surface area (Å²) in [4.78, 5) is 25.2. The molecule has 4 aromatic rings. The van der Waals surface area contributed by atoms with Crippen LogP contribution in [0.3, 0.4) is 0 Å². The summed E-state index contributed by atoms with van der Waals surface area (Å²) in [5.41, 5.74) is 12.7. The molecule has 0 aromatic carbocycles. The molecule has 2 aliphatic carbocycles. The number of anilines is 2. The molecule has 2 aliphatic rings. The van der Waals surface area contributed by atoms with Gasteiger partial charge in [0.2, 0.25) is 25.5 Å². The highest BCUT2D eigenvalue weighted by atomic mass is 31.1. The Balaban J connectivity index is 1.02. The SMILES string of the molecule is CC1(C)CC1(Cn1cnc2cnc(N)nc21)OCO[P+](=O)OCOC1(Cn2cnc3cnc(N)nc32)CC1(C)C. The first-order chi connectivity index (χ1) is 18.9. The molecule has 2 fully saturated rings. The van der Waals surface area contributed by atoms with Gasteiger partial charge in [-0.2, -0.15) is 9.97 Å². The highest BCUT2D eigenvalue weighted by molar-refractivity contribution is 7.33. The number of aromatic nitrogens is 8. The van der Waals surface area contributed by atoms with E-state index >= 15 is 0 Å². The van der Waals surface area contributed by atoms with Crippen LogP contribution in [0.2, 0.25) is 0 Å². The number of rotatable bonds is 12. The Morgan fingerprint density at radius 2 is 1.18 bits per heavy atom. The van der Waals surface area contributed by atoms with Gasteiger partial charge in [-0.15, -0.1) is 0 Å². The third kappa shape index (κ3) is 4.77. The number of nitrogens with zero attached hydrogens (tertiary/aromatic N) is 8. The molecule has 16 heteroatoms. The zero-order chi connectivity index (χ0) is 28.3. The zero-order valence-corrected chi connectivity index (χ0v) is 23.7. The molecule has 4 N–H and O–H groups in total. The summed E-state index contributed by atoms with van der Waals surface area (Å²) in [5, 5.41) is 0. The molecule has 6 rings (SSSR count). The van der Waals surface area contributed by atoms with Crippen LogP contribution in [0.25, 0.3) is 22.3 Å². The summed E-state index contributed by atoms with van der Waals surface area (Å²) in [6.45, 7) is 8.94. The number of hydrogen-bond donors (Lipinski definition) is 2. The lowest BCUT2D eigenvalue weighted by atomic mass is 10.1.